The largest absolute Gasteiger partial charge is 0.459 e. The summed E-state index contributed by atoms with van der Waals surface area (Å²) in [6, 6.07) is 3.94. The SMILES string of the molecule is CCc1ccc(C#CC(=O)OC)s1. The highest BCUT2D eigenvalue weighted by molar-refractivity contribution is 7.12. The molecule has 2 nitrogen and oxygen atoms in total. The van der Waals surface area contributed by atoms with Crippen LogP contribution in [0.1, 0.15) is 16.7 Å². The van der Waals surface area contributed by atoms with E-state index in [0.29, 0.717) is 0 Å². The van der Waals surface area contributed by atoms with Gasteiger partial charge in [0.1, 0.15) is 0 Å². The predicted octanol–water partition coefficient (Wildman–Crippen LogP) is 1.83. The highest BCUT2D eigenvalue weighted by atomic mass is 32.1. The Hall–Kier alpha value is -1.27. The number of esters is 1. The van der Waals surface area contributed by atoms with E-state index in [2.05, 4.69) is 23.5 Å². The molecule has 0 fully saturated rings. The first-order chi connectivity index (χ1) is 6.26. The summed E-state index contributed by atoms with van der Waals surface area (Å²) < 4.78 is 4.40. The Labute approximate surface area is 81.5 Å². The fraction of sp³-hybridized carbons (Fsp3) is 0.300. The van der Waals surface area contributed by atoms with Gasteiger partial charge in [0, 0.05) is 10.8 Å². The van der Waals surface area contributed by atoms with Gasteiger partial charge in [-0.1, -0.05) is 6.92 Å². The van der Waals surface area contributed by atoms with E-state index < -0.39 is 5.97 Å². The molecule has 13 heavy (non-hydrogen) atoms. The first-order valence-electron chi connectivity index (χ1n) is 3.95. The van der Waals surface area contributed by atoms with Crippen LogP contribution in [0.25, 0.3) is 0 Å². The molecule has 1 aromatic heterocycles. The third-order valence-electron chi connectivity index (χ3n) is 1.48. The molecule has 68 valence electrons. The van der Waals surface area contributed by atoms with E-state index in [0.717, 1.165) is 11.3 Å². The summed E-state index contributed by atoms with van der Waals surface area (Å²) in [6.07, 6.45) is 1.00. The van der Waals surface area contributed by atoms with Gasteiger partial charge in [0.2, 0.25) is 0 Å². The number of methoxy groups -OCH3 is 1. The fourth-order valence-corrected chi connectivity index (χ4v) is 1.60. The molecule has 0 radical (unpaired) electrons. The number of carbonyl (C=O) groups is 1. The van der Waals surface area contributed by atoms with Crippen molar-refractivity contribution in [1.29, 1.82) is 0 Å². The Kier molecular flexibility index (Phi) is 3.53. The lowest BCUT2D eigenvalue weighted by atomic mass is 10.4. The summed E-state index contributed by atoms with van der Waals surface area (Å²) in [5, 5.41) is 0. The average Bonchev–Trinajstić information content (AvgIpc) is 2.61. The quantitative estimate of drug-likeness (QED) is 0.503. The Balaban J connectivity index is 2.72. The lowest BCUT2D eigenvalue weighted by molar-refractivity contribution is -0.133. The summed E-state index contributed by atoms with van der Waals surface area (Å²) in [4.78, 5) is 12.8. The van der Waals surface area contributed by atoms with Gasteiger partial charge in [0.05, 0.1) is 12.0 Å². The third-order valence-corrected chi connectivity index (χ3v) is 2.63. The minimum Gasteiger partial charge on any atom is -0.459 e. The molecule has 0 amide bonds. The molecule has 0 atom stereocenters. The molecule has 1 aromatic rings. The Morgan fingerprint density at radius 1 is 1.62 bits per heavy atom. The first-order valence-corrected chi connectivity index (χ1v) is 4.76. The van der Waals surface area contributed by atoms with E-state index in [4.69, 9.17) is 0 Å². The van der Waals surface area contributed by atoms with Gasteiger partial charge in [-0.3, -0.25) is 0 Å². The molecule has 1 rings (SSSR count). The standard InChI is InChI=1S/C10H10O2S/c1-3-8-4-5-9(13-8)6-7-10(11)12-2/h4-5H,3H2,1-2H3. The van der Waals surface area contributed by atoms with Crippen LogP contribution < -0.4 is 0 Å². The van der Waals surface area contributed by atoms with E-state index in [1.807, 2.05) is 12.1 Å². The van der Waals surface area contributed by atoms with Crippen molar-refractivity contribution in [2.24, 2.45) is 0 Å². The minimum atomic E-state index is -0.494. The third kappa shape index (κ3) is 2.92. The number of aryl methyl sites for hydroxylation is 1. The Morgan fingerprint density at radius 2 is 2.38 bits per heavy atom. The summed E-state index contributed by atoms with van der Waals surface area (Å²) in [7, 11) is 1.32. The van der Waals surface area contributed by atoms with Crippen molar-refractivity contribution in [2.75, 3.05) is 7.11 Å². The molecule has 0 bridgehead atoms. The van der Waals surface area contributed by atoms with Gasteiger partial charge in [0.15, 0.2) is 0 Å². The van der Waals surface area contributed by atoms with Gasteiger partial charge in [-0.2, -0.15) is 0 Å². The second kappa shape index (κ2) is 4.68. The van der Waals surface area contributed by atoms with Crippen LogP contribution in [0.3, 0.4) is 0 Å². The summed E-state index contributed by atoms with van der Waals surface area (Å²) in [5.41, 5.74) is 0. The zero-order valence-corrected chi connectivity index (χ0v) is 8.40. The zero-order chi connectivity index (χ0) is 9.68. The van der Waals surface area contributed by atoms with Crippen LogP contribution in [0, 0.1) is 11.8 Å². The van der Waals surface area contributed by atoms with Crippen LogP contribution in [0.5, 0.6) is 0 Å². The maximum absolute atomic E-state index is 10.7. The molecule has 3 heteroatoms. The number of hydrogen-bond acceptors (Lipinski definition) is 3. The number of hydrogen-bond donors (Lipinski definition) is 0. The molecule has 0 N–H and O–H groups in total. The van der Waals surface area contributed by atoms with Crippen molar-refractivity contribution in [2.45, 2.75) is 13.3 Å². The number of thiophene rings is 1. The van der Waals surface area contributed by atoms with E-state index in [-0.39, 0.29) is 0 Å². The van der Waals surface area contributed by atoms with Crippen molar-refractivity contribution in [1.82, 2.24) is 0 Å². The van der Waals surface area contributed by atoms with E-state index >= 15 is 0 Å². The minimum absolute atomic E-state index is 0.494. The molecule has 0 saturated carbocycles. The second-order valence-corrected chi connectivity index (χ2v) is 3.53. The summed E-state index contributed by atoms with van der Waals surface area (Å²) in [5.74, 6) is 4.64. The Morgan fingerprint density at radius 3 is 2.92 bits per heavy atom. The highest BCUT2D eigenvalue weighted by Gasteiger charge is 1.95. The van der Waals surface area contributed by atoms with Crippen LogP contribution in [0.2, 0.25) is 0 Å². The second-order valence-electron chi connectivity index (χ2n) is 2.36. The van der Waals surface area contributed by atoms with Crippen molar-refractivity contribution < 1.29 is 9.53 Å². The van der Waals surface area contributed by atoms with Gasteiger partial charge < -0.3 is 4.74 Å². The molecular weight excluding hydrogens is 184 g/mol. The summed E-state index contributed by atoms with van der Waals surface area (Å²) >= 11 is 1.60. The monoisotopic (exact) mass is 194 g/mol. The zero-order valence-electron chi connectivity index (χ0n) is 7.59. The number of ether oxygens (including phenoxy) is 1. The molecule has 0 unspecified atom stereocenters. The van der Waals surface area contributed by atoms with E-state index in [1.54, 1.807) is 11.3 Å². The lowest BCUT2D eigenvalue weighted by Gasteiger charge is -1.84. The van der Waals surface area contributed by atoms with Gasteiger partial charge in [-0.25, -0.2) is 4.79 Å². The molecule has 0 aliphatic carbocycles. The van der Waals surface area contributed by atoms with Crippen LogP contribution in [-0.4, -0.2) is 13.1 Å². The molecule has 0 aromatic carbocycles. The fourth-order valence-electron chi connectivity index (χ4n) is 0.799. The summed E-state index contributed by atoms with van der Waals surface area (Å²) in [6.45, 7) is 2.09. The molecule has 0 aliphatic rings. The molecule has 0 aliphatic heterocycles. The molecular formula is C10H10O2S. The van der Waals surface area contributed by atoms with Gasteiger partial charge in [-0.05, 0) is 24.5 Å². The lowest BCUT2D eigenvalue weighted by Crippen LogP contribution is -1.93. The predicted molar refractivity (Wildman–Crippen MR) is 52.6 cm³/mol. The molecule has 0 saturated heterocycles. The van der Waals surface area contributed by atoms with Crippen LogP contribution >= 0.6 is 11.3 Å². The van der Waals surface area contributed by atoms with Crippen molar-refractivity contribution in [3.8, 4) is 11.8 Å². The topological polar surface area (TPSA) is 26.3 Å². The smallest absolute Gasteiger partial charge is 0.384 e. The highest BCUT2D eigenvalue weighted by Crippen LogP contribution is 2.15. The maximum Gasteiger partial charge on any atom is 0.384 e. The maximum atomic E-state index is 10.7. The number of rotatable bonds is 1. The van der Waals surface area contributed by atoms with Gasteiger partial charge in [-0.15, -0.1) is 11.3 Å². The van der Waals surface area contributed by atoms with E-state index in [9.17, 15) is 4.79 Å². The van der Waals surface area contributed by atoms with E-state index in [1.165, 1.54) is 12.0 Å². The first kappa shape index (κ1) is 9.82. The molecule has 0 spiro atoms. The average molecular weight is 194 g/mol. The van der Waals surface area contributed by atoms with Gasteiger partial charge in [0.25, 0.3) is 0 Å². The normalized spacial score (nSPS) is 8.77. The van der Waals surface area contributed by atoms with Crippen molar-refractivity contribution >= 4 is 17.3 Å². The van der Waals surface area contributed by atoms with Crippen molar-refractivity contribution in [3.05, 3.63) is 21.9 Å². The van der Waals surface area contributed by atoms with Crippen LogP contribution in [0.4, 0.5) is 0 Å². The van der Waals surface area contributed by atoms with Gasteiger partial charge >= 0.3 is 5.97 Å². The van der Waals surface area contributed by atoms with Crippen LogP contribution in [0.15, 0.2) is 12.1 Å². The molecule has 1 heterocycles. The van der Waals surface area contributed by atoms with Crippen molar-refractivity contribution in [3.63, 3.8) is 0 Å². The Bertz CT molecular complexity index is 354. The number of carbonyl (C=O) groups excluding carboxylic acids is 1. The van der Waals surface area contributed by atoms with Crippen LogP contribution in [-0.2, 0) is 16.0 Å².